The summed E-state index contributed by atoms with van der Waals surface area (Å²) in [6, 6.07) is 0. The van der Waals surface area contributed by atoms with Gasteiger partial charge in [-0.3, -0.25) is 25.6 Å². The fourth-order valence-electron chi connectivity index (χ4n) is 4.17. The lowest BCUT2D eigenvalue weighted by Gasteiger charge is -2.23. The predicted molar refractivity (Wildman–Crippen MR) is 105 cm³/mol. The Balaban J connectivity index is 1.67. The van der Waals surface area contributed by atoms with Crippen LogP contribution in [0, 0.1) is 24.6 Å². The van der Waals surface area contributed by atoms with Crippen molar-refractivity contribution in [1.29, 1.82) is 0 Å². The summed E-state index contributed by atoms with van der Waals surface area (Å²) in [5.41, 5.74) is 5.07. The van der Waals surface area contributed by atoms with E-state index in [9.17, 15) is 19.2 Å². The van der Waals surface area contributed by atoms with Crippen LogP contribution in [-0.2, 0) is 9.59 Å². The third-order valence-corrected chi connectivity index (χ3v) is 5.65. The summed E-state index contributed by atoms with van der Waals surface area (Å²) < 4.78 is 14.9. The molecular weight excluding hydrogens is 379 g/mol. The Hall–Kier alpha value is -2.49. The van der Waals surface area contributed by atoms with E-state index in [0.29, 0.717) is 23.2 Å². The molecule has 160 valence electrons. The number of hydrogen-bond donors (Lipinski definition) is 3. The van der Waals surface area contributed by atoms with Crippen molar-refractivity contribution in [2.75, 3.05) is 30.0 Å². The van der Waals surface area contributed by atoms with Crippen molar-refractivity contribution in [2.24, 2.45) is 11.8 Å². The molecule has 10 heteroatoms. The Bertz CT molecular complexity index is 722. The molecule has 0 unspecified atom stereocenters. The van der Waals surface area contributed by atoms with Gasteiger partial charge in [0.1, 0.15) is 5.82 Å². The molecule has 1 aromatic heterocycles. The minimum absolute atomic E-state index is 0.0939. The molecule has 1 saturated heterocycles. The van der Waals surface area contributed by atoms with Crippen molar-refractivity contribution in [3.8, 4) is 0 Å². The molecule has 0 spiro atoms. The highest BCUT2D eigenvalue weighted by atomic mass is 19.1. The first kappa shape index (κ1) is 21.2. The summed E-state index contributed by atoms with van der Waals surface area (Å²) in [6.07, 6.45) is 7.11. The van der Waals surface area contributed by atoms with Gasteiger partial charge in [-0.05, 0) is 32.1 Å². The molecule has 2 amide bonds. The molecule has 1 aliphatic carbocycles. The summed E-state index contributed by atoms with van der Waals surface area (Å²) in [7, 11) is 0. The summed E-state index contributed by atoms with van der Waals surface area (Å²) in [5.74, 6) is -0.719. The topological polar surface area (TPSA) is 111 Å². The zero-order chi connectivity index (χ0) is 20.8. The quantitative estimate of drug-likeness (QED) is 0.326. The van der Waals surface area contributed by atoms with Gasteiger partial charge < -0.3 is 4.90 Å². The lowest BCUT2D eigenvalue weighted by molar-refractivity contribution is -0.154. The van der Waals surface area contributed by atoms with Crippen molar-refractivity contribution in [3.63, 3.8) is 0 Å². The fraction of sp³-hybridized carbons (Fsp3) is 0.684. The molecule has 1 aromatic rings. The molecule has 3 rings (SSSR count). The molecule has 9 nitrogen and oxygen atoms in total. The highest BCUT2D eigenvalue weighted by Gasteiger charge is 2.28. The molecule has 1 atom stereocenters. The Morgan fingerprint density at radius 3 is 2.66 bits per heavy atom. The Morgan fingerprint density at radius 1 is 1.31 bits per heavy atom. The van der Waals surface area contributed by atoms with Gasteiger partial charge in [0.25, 0.3) is 0 Å². The third-order valence-electron chi connectivity index (χ3n) is 5.65. The zero-order valence-electron chi connectivity index (χ0n) is 16.7. The van der Waals surface area contributed by atoms with Crippen LogP contribution in [0.1, 0.15) is 50.8 Å². The number of aromatic nitrogens is 2. The van der Waals surface area contributed by atoms with Crippen molar-refractivity contribution in [2.45, 2.75) is 51.9 Å². The number of hydrazine groups is 1. The number of halogens is 1. The van der Waals surface area contributed by atoms with Gasteiger partial charge in [0.2, 0.25) is 18.1 Å². The van der Waals surface area contributed by atoms with Gasteiger partial charge in [0.15, 0.2) is 11.6 Å². The lowest BCUT2D eigenvalue weighted by Crippen LogP contribution is -2.41. The number of nitrogens with zero attached hydrogens (tertiary/aromatic N) is 4. The second-order valence-corrected chi connectivity index (χ2v) is 7.88. The molecule has 0 aromatic carbocycles. The first-order valence-electron chi connectivity index (χ1n) is 10.2. The molecule has 2 aliphatic rings. The van der Waals surface area contributed by atoms with Gasteiger partial charge in [-0.1, -0.05) is 25.7 Å². The molecule has 29 heavy (non-hydrogen) atoms. The van der Waals surface area contributed by atoms with Gasteiger partial charge in [-0.25, -0.2) is 15.0 Å². The van der Waals surface area contributed by atoms with E-state index in [-0.39, 0.29) is 24.6 Å². The lowest BCUT2D eigenvalue weighted by atomic mass is 9.92. The van der Waals surface area contributed by atoms with Gasteiger partial charge >= 0.3 is 0 Å². The number of rotatable bonds is 9. The normalized spacial score (nSPS) is 18.0. The van der Waals surface area contributed by atoms with Crippen LogP contribution in [0.5, 0.6) is 0 Å². The molecular formula is C19H29FN6O3. The summed E-state index contributed by atoms with van der Waals surface area (Å²) >= 11 is 0. The standard InChI is InChI=1S/C19H29FN6O3/c1-13-21-17(16(20)18(22-13)25-8-4-5-9-25)23-24-19(28)15(11-26(29)12-27)10-14-6-2-3-7-14/h12,14-15,29H,2-11H2,1H3,(H,24,28)(H,21,22,23)/t15-/m1/s1. The number of carbonyl (C=O) groups is 2. The van der Waals surface area contributed by atoms with Crippen molar-refractivity contribution < 1.29 is 19.2 Å². The SMILES string of the molecule is Cc1nc(NNC(=O)[C@H](CC2CCCC2)CN(O)C=O)c(F)c(N2CCCC2)n1. The van der Waals surface area contributed by atoms with Gasteiger partial charge in [0.05, 0.1) is 12.5 Å². The number of carbonyl (C=O) groups excluding carboxylic acids is 2. The van der Waals surface area contributed by atoms with Gasteiger partial charge in [-0.15, -0.1) is 0 Å². The summed E-state index contributed by atoms with van der Waals surface area (Å²) in [6.45, 7) is 3.03. The Kier molecular flexibility index (Phi) is 7.18. The third kappa shape index (κ3) is 5.53. The van der Waals surface area contributed by atoms with Crippen LogP contribution < -0.4 is 15.8 Å². The largest absolute Gasteiger partial charge is 0.354 e. The van der Waals surface area contributed by atoms with Crippen molar-refractivity contribution in [3.05, 3.63) is 11.6 Å². The van der Waals surface area contributed by atoms with E-state index in [4.69, 9.17) is 0 Å². The highest BCUT2D eigenvalue weighted by Crippen LogP contribution is 2.31. The molecule has 0 radical (unpaired) electrons. The van der Waals surface area contributed by atoms with Crippen LogP contribution in [-0.4, -0.2) is 52.2 Å². The second-order valence-electron chi connectivity index (χ2n) is 7.88. The van der Waals surface area contributed by atoms with E-state index < -0.39 is 17.6 Å². The maximum atomic E-state index is 14.9. The number of hydrogen-bond acceptors (Lipinski definition) is 7. The second kappa shape index (κ2) is 9.82. The van der Waals surface area contributed by atoms with E-state index in [1.807, 2.05) is 4.90 Å². The molecule has 2 fully saturated rings. The molecule has 1 saturated carbocycles. The monoisotopic (exact) mass is 408 g/mol. The predicted octanol–water partition coefficient (Wildman–Crippen LogP) is 2.01. The van der Waals surface area contributed by atoms with E-state index in [1.54, 1.807) is 6.92 Å². The minimum Gasteiger partial charge on any atom is -0.354 e. The van der Waals surface area contributed by atoms with E-state index in [0.717, 1.165) is 51.6 Å². The first-order chi connectivity index (χ1) is 14.0. The average Bonchev–Trinajstić information content (AvgIpc) is 3.41. The molecule has 2 heterocycles. The maximum Gasteiger partial charge on any atom is 0.243 e. The van der Waals surface area contributed by atoms with Gasteiger partial charge in [0, 0.05) is 13.1 Å². The molecule has 1 aliphatic heterocycles. The van der Waals surface area contributed by atoms with Crippen LogP contribution >= 0.6 is 0 Å². The van der Waals surface area contributed by atoms with E-state index in [1.165, 1.54) is 0 Å². The number of aryl methyl sites for hydroxylation is 1. The van der Waals surface area contributed by atoms with Crippen molar-refractivity contribution >= 4 is 24.0 Å². The highest BCUT2D eigenvalue weighted by molar-refractivity contribution is 5.80. The number of anilines is 2. The Morgan fingerprint density at radius 2 is 2.00 bits per heavy atom. The molecule has 0 bridgehead atoms. The zero-order valence-corrected chi connectivity index (χ0v) is 16.7. The van der Waals surface area contributed by atoms with Crippen LogP contribution in [0.25, 0.3) is 0 Å². The van der Waals surface area contributed by atoms with E-state index in [2.05, 4.69) is 20.8 Å². The van der Waals surface area contributed by atoms with Crippen LogP contribution in [0.15, 0.2) is 0 Å². The fourth-order valence-corrected chi connectivity index (χ4v) is 4.17. The smallest absolute Gasteiger partial charge is 0.243 e. The number of nitrogens with one attached hydrogen (secondary N) is 2. The first-order valence-corrected chi connectivity index (χ1v) is 10.2. The maximum absolute atomic E-state index is 14.9. The number of hydroxylamine groups is 2. The van der Waals surface area contributed by atoms with E-state index >= 15 is 0 Å². The molecule has 3 N–H and O–H groups in total. The van der Waals surface area contributed by atoms with Gasteiger partial charge in [-0.2, -0.15) is 4.39 Å². The average molecular weight is 408 g/mol. The van der Waals surface area contributed by atoms with Crippen LogP contribution in [0.2, 0.25) is 0 Å². The summed E-state index contributed by atoms with van der Waals surface area (Å²) in [4.78, 5) is 33.6. The minimum atomic E-state index is -0.609. The van der Waals surface area contributed by atoms with Crippen LogP contribution in [0.3, 0.4) is 0 Å². The Labute approximate surface area is 169 Å². The van der Waals surface area contributed by atoms with Crippen molar-refractivity contribution in [1.82, 2.24) is 20.5 Å². The van der Waals surface area contributed by atoms with Crippen LogP contribution in [0.4, 0.5) is 16.0 Å². The number of amides is 2. The summed E-state index contributed by atoms with van der Waals surface area (Å²) in [5, 5.41) is 10.0.